The van der Waals surface area contributed by atoms with E-state index in [4.69, 9.17) is 0 Å². The molecule has 0 atom stereocenters. The molecule has 0 aliphatic rings. The van der Waals surface area contributed by atoms with Crippen LogP contribution in [0.2, 0.25) is 0 Å². The van der Waals surface area contributed by atoms with Gasteiger partial charge in [0.2, 0.25) is 0 Å². The highest BCUT2D eigenvalue weighted by Gasteiger charge is 2.13. The molecule has 7 nitrogen and oxygen atoms in total. The normalized spacial score (nSPS) is 10.6. The maximum Gasteiger partial charge on any atom is 0.259 e. The van der Waals surface area contributed by atoms with Crippen molar-refractivity contribution in [1.82, 2.24) is 15.7 Å². The number of hydrogen-bond donors (Lipinski definition) is 3. The number of hydrazone groups is 1. The Kier molecular flexibility index (Phi) is 7.36. The van der Waals surface area contributed by atoms with Gasteiger partial charge in [0, 0.05) is 24.0 Å². The van der Waals surface area contributed by atoms with E-state index < -0.39 is 23.4 Å². The third-order valence-corrected chi connectivity index (χ3v) is 4.16. The zero-order chi connectivity index (χ0) is 22.1. The lowest BCUT2D eigenvalue weighted by molar-refractivity contribution is -0.119. The lowest BCUT2D eigenvalue weighted by Crippen LogP contribution is -2.26. The number of hydrogen-bond acceptors (Lipinski definition) is 5. The number of amides is 2. The summed E-state index contributed by atoms with van der Waals surface area (Å²) in [4.78, 5) is 27.8. The predicted octanol–water partition coefficient (Wildman–Crippen LogP) is 2.85. The van der Waals surface area contributed by atoms with Crippen molar-refractivity contribution < 1.29 is 18.4 Å². The molecule has 0 saturated carbocycles. The van der Waals surface area contributed by atoms with Gasteiger partial charge in [-0.3, -0.25) is 14.6 Å². The monoisotopic (exact) mass is 423 g/mol. The fourth-order valence-electron chi connectivity index (χ4n) is 2.57. The summed E-state index contributed by atoms with van der Waals surface area (Å²) >= 11 is 0. The van der Waals surface area contributed by atoms with Crippen molar-refractivity contribution in [3.63, 3.8) is 0 Å². The smallest absolute Gasteiger partial charge is 0.259 e. The van der Waals surface area contributed by atoms with Crippen LogP contribution >= 0.6 is 0 Å². The van der Waals surface area contributed by atoms with Gasteiger partial charge in [-0.25, -0.2) is 14.2 Å². The molecule has 158 valence electrons. The first-order valence-corrected chi connectivity index (χ1v) is 9.30. The highest BCUT2D eigenvalue weighted by molar-refractivity contribution is 5.95. The van der Waals surface area contributed by atoms with Crippen molar-refractivity contribution in [2.75, 3.05) is 11.9 Å². The van der Waals surface area contributed by atoms with E-state index in [0.29, 0.717) is 5.69 Å². The molecule has 0 unspecified atom stereocenters. The first kappa shape index (κ1) is 21.6. The quantitative estimate of drug-likeness (QED) is 0.384. The predicted molar refractivity (Wildman–Crippen MR) is 112 cm³/mol. The minimum atomic E-state index is -0.676. The molecule has 0 radical (unpaired) electrons. The Hall–Kier alpha value is -4.14. The molecule has 3 N–H and O–H groups in total. The third-order valence-electron chi connectivity index (χ3n) is 4.16. The van der Waals surface area contributed by atoms with Crippen LogP contribution in [0.25, 0.3) is 0 Å². The van der Waals surface area contributed by atoms with Gasteiger partial charge in [-0.1, -0.05) is 30.3 Å². The molecule has 0 spiro atoms. The fraction of sp³-hybridized carbons (Fsp3) is 0.0909. The molecule has 0 aliphatic carbocycles. The van der Waals surface area contributed by atoms with E-state index in [0.717, 1.165) is 24.0 Å². The largest absolute Gasteiger partial charge is 0.376 e. The van der Waals surface area contributed by atoms with Crippen LogP contribution < -0.4 is 16.1 Å². The molecule has 0 saturated heterocycles. The summed E-state index contributed by atoms with van der Waals surface area (Å²) in [6.07, 6.45) is 3.59. The molecule has 2 aromatic carbocycles. The van der Waals surface area contributed by atoms with Crippen LogP contribution in [0.4, 0.5) is 14.5 Å². The van der Waals surface area contributed by atoms with Gasteiger partial charge >= 0.3 is 0 Å². The van der Waals surface area contributed by atoms with Gasteiger partial charge in [0.05, 0.1) is 24.5 Å². The number of carbonyl (C=O) groups excluding carboxylic acids is 2. The van der Waals surface area contributed by atoms with Crippen molar-refractivity contribution in [2.45, 2.75) is 6.54 Å². The van der Waals surface area contributed by atoms with Gasteiger partial charge in [0.15, 0.2) is 0 Å². The lowest BCUT2D eigenvalue weighted by atomic mass is 10.1. The fourth-order valence-corrected chi connectivity index (χ4v) is 2.57. The summed E-state index contributed by atoms with van der Waals surface area (Å²) in [5.74, 6) is -2.32. The van der Waals surface area contributed by atoms with Crippen LogP contribution in [0.5, 0.6) is 0 Å². The topological polar surface area (TPSA) is 95.5 Å². The van der Waals surface area contributed by atoms with Gasteiger partial charge in [0.25, 0.3) is 11.8 Å². The molecule has 3 rings (SSSR count). The van der Waals surface area contributed by atoms with Crippen LogP contribution in [-0.2, 0) is 11.3 Å². The Labute approximate surface area is 177 Å². The van der Waals surface area contributed by atoms with E-state index in [2.05, 4.69) is 26.1 Å². The first-order valence-electron chi connectivity index (χ1n) is 9.30. The molecule has 0 aliphatic heterocycles. The van der Waals surface area contributed by atoms with E-state index in [1.807, 2.05) is 30.3 Å². The average Bonchev–Trinajstić information content (AvgIpc) is 2.79. The number of carbonyl (C=O) groups is 2. The Morgan fingerprint density at radius 2 is 1.84 bits per heavy atom. The summed E-state index contributed by atoms with van der Waals surface area (Å²) in [7, 11) is 0. The second-order valence-electron chi connectivity index (χ2n) is 6.41. The Morgan fingerprint density at radius 1 is 1.03 bits per heavy atom. The highest BCUT2D eigenvalue weighted by Crippen LogP contribution is 2.15. The van der Waals surface area contributed by atoms with E-state index >= 15 is 0 Å². The minimum absolute atomic E-state index is 0.146. The Morgan fingerprint density at radius 3 is 2.61 bits per heavy atom. The Balaban J connectivity index is 1.53. The molecule has 9 heteroatoms. The maximum atomic E-state index is 14.1. The molecule has 2 amide bonds. The standard InChI is InChI=1S/C22H19F2N5O2/c23-19-7-6-17(10-18(19)22(31)27-11-15-4-2-1-3-5-15)26-14-21(30)29-28-12-16-8-9-25-13-20(16)24/h1-10,12-13,26H,11,14H2,(H,27,31)(H,29,30)/b28-12+. The minimum Gasteiger partial charge on any atom is -0.376 e. The molecule has 1 heterocycles. The number of halogens is 2. The van der Waals surface area contributed by atoms with Gasteiger partial charge in [-0.05, 0) is 29.8 Å². The number of anilines is 1. The Bertz CT molecular complexity index is 1090. The van der Waals surface area contributed by atoms with E-state index in [9.17, 15) is 18.4 Å². The van der Waals surface area contributed by atoms with Gasteiger partial charge in [0.1, 0.15) is 11.6 Å². The number of aromatic nitrogens is 1. The van der Waals surface area contributed by atoms with Crippen molar-refractivity contribution in [3.05, 3.63) is 95.3 Å². The molecule has 0 fully saturated rings. The van der Waals surface area contributed by atoms with Gasteiger partial charge in [-0.2, -0.15) is 5.10 Å². The van der Waals surface area contributed by atoms with E-state index in [-0.39, 0.29) is 24.2 Å². The maximum absolute atomic E-state index is 14.1. The zero-order valence-electron chi connectivity index (χ0n) is 16.3. The summed E-state index contributed by atoms with van der Waals surface area (Å²) < 4.78 is 27.5. The lowest BCUT2D eigenvalue weighted by Gasteiger charge is -2.10. The molecule has 31 heavy (non-hydrogen) atoms. The zero-order valence-corrected chi connectivity index (χ0v) is 16.3. The van der Waals surface area contributed by atoms with E-state index in [1.54, 1.807) is 0 Å². The summed E-state index contributed by atoms with van der Waals surface area (Å²) in [5.41, 5.74) is 3.54. The molecular weight excluding hydrogens is 404 g/mol. The highest BCUT2D eigenvalue weighted by atomic mass is 19.1. The van der Waals surface area contributed by atoms with E-state index in [1.165, 1.54) is 24.4 Å². The number of nitrogens with zero attached hydrogens (tertiary/aromatic N) is 2. The summed E-state index contributed by atoms with van der Waals surface area (Å²) in [5, 5.41) is 9.11. The molecular formula is C22H19F2N5O2. The van der Waals surface area contributed by atoms with Crippen molar-refractivity contribution in [2.24, 2.45) is 5.10 Å². The van der Waals surface area contributed by atoms with Crippen LogP contribution in [-0.4, -0.2) is 29.6 Å². The third kappa shape index (κ3) is 6.43. The number of rotatable bonds is 8. The second-order valence-corrected chi connectivity index (χ2v) is 6.41. The van der Waals surface area contributed by atoms with Crippen molar-refractivity contribution >= 4 is 23.7 Å². The summed E-state index contributed by atoms with van der Waals surface area (Å²) in [6.45, 7) is 0.0716. The van der Waals surface area contributed by atoms with Gasteiger partial charge in [-0.15, -0.1) is 0 Å². The summed E-state index contributed by atoms with van der Waals surface area (Å²) in [6, 6.07) is 14.5. The SMILES string of the molecule is O=C(CNc1ccc(F)c(C(=O)NCc2ccccc2)c1)N/N=C/c1ccncc1F. The van der Waals surface area contributed by atoms with Crippen LogP contribution in [0.15, 0.2) is 72.1 Å². The number of pyridine rings is 1. The van der Waals surface area contributed by atoms with Crippen LogP contribution in [0, 0.1) is 11.6 Å². The van der Waals surface area contributed by atoms with Crippen LogP contribution in [0.3, 0.4) is 0 Å². The van der Waals surface area contributed by atoms with Crippen molar-refractivity contribution in [1.29, 1.82) is 0 Å². The first-order chi connectivity index (χ1) is 15.0. The van der Waals surface area contributed by atoms with Gasteiger partial charge < -0.3 is 10.6 Å². The van der Waals surface area contributed by atoms with Crippen molar-refractivity contribution in [3.8, 4) is 0 Å². The number of benzene rings is 2. The second kappa shape index (κ2) is 10.6. The number of nitrogens with one attached hydrogen (secondary N) is 3. The van der Waals surface area contributed by atoms with Crippen LogP contribution in [0.1, 0.15) is 21.5 Å². The molecule has 1 aromatic heterocycles. The molecule has 3 aromatic rings. The molecule has 0 bridgehead atoms. The average molecular weight is 423 g/mol.